The second-order valence-corrected chi connectivity index (χ2v) is 25.2. The maximum Gasteiger partial charge on any atom is 1.00 e. The first-order chi connectivity index (χ1) is 39.6. The predicted molar refractivity (Wildman–Crippen MR) is 352 cm³/mol. The van der Waals surface area contributed by atoms with Crippen molar-refractivity contribution in [3.05, 3.63) is 327 Å². The monoisotopic (exact) mass is 1450 g/mol. The largest absolute Gasteiger partial charge is 1.00 e. The molecule has 0 nitrogen and oxygen atoms in total. The minimum absolute atomic E-state index is 0. The molecular weight excluding hydrogens is 1390 g/mol. The van der Waals surface area contributed by atoms with E-state index < -0.39 is 15.8 Å². The number of fused-ring (bicyclic) bond motifs is 10. The first-order valence-corrected chi connectivity index (χ1v) is 30.7. The topological polar surface area (TPSA) is 0 Å². The predicted octanol–water partition coefficient (Wildman–Crippen LogP) is 18.2. The van der Waals surface area contributed by atoms with Crippen LogP contribution in [0.3, 0.4) is 0 Å². The number of rotatable bonds is 9. The summed E-state index contributed by atoms with van der Waals surface area (Å²) in [6.07, 6.45) is 17.8. The van der Waals surface area contributed by atoms with Gasteiger partial charge >= 0.3 is 44.8 Å². The molecule has 14 aromatic rings. The SMILES string of the molecule is [Au+].[Au+].[C-]#Cc1cc2c3ccccc3c(-c3ccccc3)cc2c2ccccc12.[C-]#Cc1cccc2c1ccc1c3ccccc3c(-c3ccccc3)cc21.c1ccc([PH+](CC[PH+](c2ccccc2)c2ccccc2)c2ccccc2)cc1. The van der Waals surface area contributed by atoms with Crippen molar-refractivity contribution in [3.8, 4) is 34.1 Å². The summed E-state index contributed by atoms with van der Waals surface area (Å²) in [6, 6.07) is 108. The molecule has 0 atom stereocenters. The van der Waals surface area contributed by atoms with Gasteiger partial charge in [-0.1, -0.05) is 241 Å². The molecule has 4 heteroatoms. The van der Waals surface area contributed by atoms with Gasteiger partial charge in [-0.3, -0.25) is 11.8 Å². The van der Waals surface area contributed by atoms with E-state index in [1.54, 1.807) is 0 Å². The van der Waals surface area contributed by atoms with Crippen LogP contribution in [-0.4, -0.2) is 12.3 Å². The Labute approximate surface area is 515 Å². The van der Waals surface area contributed by atoms with E-state index in [1.165, 1.54) is 110 Å². The van der Waals surface area contributed by atoms with Gasteiger partial charge in [0.15, 0.2) is 0 Å². The van der Waals surface area contributed by atoms with Gasteiger partial charge in [-0.15, -0.1) is 23.3 Å². The van der Waals surface area contributed by atoms with E-state index >= 15 is 0 Å². The Morgan fingerprint density at radius 1 is 0.232 bits per heavy atom. The van der Waals surface area contributed by atoms with E-state index in [0.717, 1.165) is 21.9 Å². The van der Waals surface area contributed by atoms with E-state index in [9.17, 15) is 0 Å². The summed E-state index contributed by atoms with van der Waals surface area (Å²) in [5, 5.41) is 20.4. The van der Waals surface area contributed by atoms with E-state index in [-0.39, 0.29) is 44.8 Å². The molecule has 0 saturated heterocycles. The minimum atomic E-state index is -0.783. The van der Waals surface area contributed by atoms with E-state index in [4.69, 9.17) is 12.8 Å². The second kappa shape index (κ2) is 27.2. The second-order valence-electron chi connectivity index (χ2n) is 20.0. The van der Waals surface area contributed by atoms with Crippen molar-refractivity contribution >= 4 is 102 Å². The Morgan fingerprint density at radius 3 is 0.902 bits per heavy atom. The molecule has 0 spiro atoms. The van der Waals surface area contributed by atoms with Crippen LogP contribution in [-0.2, 0) is 44.8 Å². The van der Waals surface area contributed by atoms with Crippen LogP contribution in [0.1, 0.15) is 11.1 Å². The fourth-order valence-electron chi connectivity index (χ4n) is 11.5. The molecule has 0 aliphatic rings. The van der Waals surface area contributed by atoms with Gasteiger partial charge in [-0.05, 0) is 137 Å². The van der Waals surface area contributed by atoms with Gasteiger partial charge in [0.2, 0.25) is 0 Å². The maximum atomic E-state index is 7.74. The minimum Gasteiger partial charge on any atom is -0.366 e. The summed E-state index contributed by atoms with van der Waals surface area (Å²) < 4.78 is 0. The Morgan fingerprint density at radius 2 is 0.500 bits per heavy atom. The summed E-state index contributed by atoms with van der Waals surface area (Å²) in [5.41, 5.74) is 6.59. The number of hydrogen-bond acceptors (Lipinski definition) is 0. The van der Waals surface area contributed by atoms with Crippen LogP contribution in [0.5, 0.6) is 0 Å². The molecule has 0 unspecified atom stereocenters. The molecule has 0 aromatic heterocycles. The third-order valence-corrected chi connectivity index (χ3v) is 21.5. The molecule has 0 radical (unpaired) electrons. The van der Waals surface area contributed by atoms with E-state index in [0.29, 0.717) is 0 Å². The van der Waals surface area contributed by atoms with Gasteiger partial charge in [-0.25, -0.2) is 0 Å². The zero-order chi connectivity index (χ0) is 54.0. The van der Waals surface area contributed by atoms with E-state index in [1.807, 2.05) is 30.3 Å². The molecule has 0 heterocycles. The van der Waals surface area contributed by atoms with Gasteiger partial charge in [0.05, 0.1) is 37.1 Å². The van der Waals surface area contributed by atoms with Crippen molar-refractivity contribution < 1.29 is 44.8 Å². The first kappa shape index (κ1) is 57.3. The molecule has 14 rings (SSSR count). The zero-order valence-corrected chi connectivity index (χ0v) is 51.2. The molecule has 0 N–H and O–H groups in total. The van der Waals surface area contributed by atoms with Gasteiger partial charge in [0.25, 0.3) is 0 Å². The van der Waals surface area contributed by atoms with Gasteiger partial charge in [0, 0.05) is 0 Å². The van der Waals surface area contributed by atoms with Crippen LogP contribution in [0, 0.1) is 24.7 Å². The van der Waals surface area contributed by atoms with Crippen molar-refractivity contribution in [2.75, 3.05) is 12.3 Å². The van der Waals surface area contributed by atoms with Crippen LogP contribution in [0.2, 0.25) is 0 Å². The fourth-order valence-corrected chi connectivity index (χ4v) is 17.7. The number of benzene rings is 14. The normalized spacial score (nSPS) is 10.8. The average molecular weight is 1450 g/mol. The molecule has 0 bridgehead atoms. The summed E-state index contributed by atoms with van der Waals surface area (Å²) >= 11 is 0. The standard InChI is InChI=1S/C26H24P2.2C26H15.2Au/c1-5-13-23(14-6-1)27(24-15-7-2-8-16-24)21-22-28(25-17-9-3-10-18-25)26-19-11-4-12-20-26;1-2-18-16-25-23-15-9-8-14-22(23)24(19-10-4-3-5-11-19)17-26(25)21-13-7-6-12-20(18)21;1-2-18-11-8-14-21-20(18)15-16-24-22-12-6-7-13-23(22)25(17-26(21)24)19-9-4-3-5-10-19;;/h1-20H,21-22H2;2*3-17H;;/q;2*-1;2*+1/p+2. The van der Waals surface area contributed by atoms with Crippen molar-refractivity contribution in [1.29, 1.82) is 0 Å². The van der Waals surface area contributed by atoms with Gasteiger partial charge in [0.1, 0.15) is 12.3 Å². The van der Waals surface area contributed by atoms with Crippen molar-refractivity contribution in [1.82, 2.24) is 0 Å². The fraction of sp³-hybridized carbons (Fsp3) is 0.0256. The molecule has 0 fully saturated rings. The third-order valence-electron chi connectivity index (χ3n) is 15.3. The smallest absolute Gasteiger partial charge is 0.366 e. The Bertz CT molecular complexity index is 4310. The molecule has 0 amide bonds. The maximum absolute atomic E-state index is 7.74. The van der Waals surface area contributed by atoms with E-state index in [2.05, 4.69) is 285 Å². The summed E-state index contributed by atoms with van der Waals surface area (Å²) in [6.45, 7) is 0. The molecular formula is C78H56Au2P2+2. The van der Waals surface area contributed by atoms with Crippen LogP contribution < -0.4 is 21.2 Å². The molecule has 398 valence electrons. The summed E-state index contributed by atoms with van der Waals surface area (Å²) in [7, 11) is -1.57. The van der Waals surface area contributed by atoms with Crippen molar-refractivity contribution in [3.63, 3.8) is 0 Å². The van der Waals surface area contributed by atoms with Crippen LogP contribution >= 0.6 is 15.8 Å². The summed E-state index contributed by atoms with van der Waals surface area (Å²) in [4.78, 5) is 0. The van der Waals surface area contributed by atoms with Crippen molar-refractivity contribution in [2.24, 2.45) is 0 Å². The first-order valence-electron chi connectivity index (χ1n) is 27.3. The van der Waals surface area contributed by atoms with Gasteiger partial charge < -0.3 is 12.8 Å². The Kier molecular flexibility index (Phi) is 19.1. The third kappa shape index (κ3) is 12.2. The number of hydrogen-bond donors (Lipinski definition) is 0. The summed E-state index contributed by atoms with van der Waals surface area (Å²) in [5.74, 6) is 5.19. The Hall–Kier alpha value is -7.90. The zero-order valence-electron chi connectivity index (χ0n) is 44.9. The quantitative estimate of drug-likeness (QED) is 0.0444. The van der Waals surface area contributed by atoms with Crippen LogP contribution in [0.4, 0.5) is 0 Å². The molecule has 82 heavy (non-hydrogen) atoms. The van der Waals surface area contributed by atoms with Crippen LogP contribution in [0.15, 0.2) is 303 Å². The van der Waals surface area contributed by atoms with Crippen LogP contribution in [0.25, 0.3) is 86.9 Å². The molecule has 14 aromatic carbocycles. The molecule has 0 aliphatic carbocycles. The Balaban J connectivity index is 0.000000136. The molecule has 0 aliphatic heterocycles. The van der Waals surface area contributed by atoms with Crippen molar-refractivity contribution in [2.45, 2.75) is 0 Å². The average Bonchev–Trinajstić information content (AvgIpc) is 3.73. The molecule has 0 saturated carbocycles. The van der Waals surface area contributed by atoms with Gasteiger partial charge in [-0.2, -0.15) is 0 Å².